The van der Waals surface area contributed by atoms with Crippen LogP contribution in [0.4, 0.5) is 17.1 Å². The molecule has 46 heavy (non-hydrogen) atoms. The summed E-state index contributed by atoms with van der Waals surface area (Å²) in [7, 11) is 0. The number of aromatic nitrogens is 2. The van der Waals surface area contributed by atoms with Gasteiger partial charge in [-0.2, -0.15) is 0 Å². The molecule has 4 aromatic heterocycles. The van der Waals surface area contributed by atoms with Crippen LogP contribution < -0.4 is 4.90 Å². The first-order chi connectivity index (χ1) is 22.7. The Morgan fingerprint density at radius 3 is 1.46 bits per heavy atom. The Kier molecular flexibility index (Phi) is 6.51. The Balaban J connectivity index is 1.09. The average Bonchev–Trinajstić information content (AvgIpc) is 3.86. The predicted octanol–water partition coefficient (Wildman–Crippen LogP) is 12.2. The van der Waals surface area contributed by atoms with Crippen LogP contribution in [0.2, 0.25) is 0 Å². The molecule has 3 nitrogen and oxygen atoms in total. The standard InChI is InChI=1S/C41H27N3S2/c1-3-9-37-31(7-1)25-39(45-37)29-14-20-34(21-15-29)44(33-18-12-28(13-19-33)36-27-43-24-6-5-11-41(43)42-36)35-22-16-30(17-23-35)40-26-32-8-2-4-10-38(32)46-40/h1-27H. The van der Waals surface area contributed by atoms with Gasteiger partial charge in [-0.1, -0.05) is 78.9 Å². The minimum atomic E-state index is 0.945. The molecule has 9 aromatic rings. The lowest BCUT2D eigenvalue weighted by Gasteiger charge is -2.26. The van der Waals surface area contributed by atoms with Crippen molar-refractivity contribution < 1.29 is 0 Å². The quantitative estimate of drug-likeness (QED) is 0.183. The van der Waals surface area contributed by atoms with E-state index in [9.17, 15) is 0 Å². The van der Waals surface area contributed by atoms with Crippen LogP contribution in [0.25, 0.3) is 58.0 Å². The minimum absolute atomic E-state index is 0.945. The highest BCUT2D eigenvalue weighted by molar-refractivity contribution is 7.22. The van der Waals surface area contributed by atoms with E-state index in [-0.39, 0.29) is 0 Å². The molecule has 0 radical (unpaired) electrons. The van der Waals surface area contributed by atoms with Gasteiger partial charge >= 0.3 is 0 Å². The number of imidazole rings is 1. The Labute approximate surface area is 274 Å². The van der Waals surface area contributed by atoms with E-state index < -0.39 is 0 Å². The van der Waals surface area contributed by atoms with Crippen LogP contribution in [0.5, 0.6) is 0 Å². The van der Waals surface area contributed by atoms with E-state index >= 15 is 0 Å². The van der Waals surface area contributed by atoms with Gasteiger partial charge in [0, 0.05) is 54.2 Å². The molecule has 5 heteroatoms. The number of hydrogen-bond acceptors (Lipinski definition) is 4. The number of nitrogens with zero attached hydrogens (tertiary/aromatic N) is 3. The van der Waals surface area contributed by atoms with E-state index in [1.54, 1.807) is 0 Å². The van der Waals surface area contributed by atoms with E-state index in [0.717, 1.165) is 34.0 Å². The second-order valence-corrected chi connectivity index (χ2v) is 13.5. The Morgan fingerprint density at radius 2 is 0.957 bits per heavy atom. The van der Waals surface area contributed by atoms with E-state index in [4.69, 9.17) is 4.98 Å². The first-order valence-corrected chi connectivity index (χ1v) is 16.9. The zero-order chi connectivity index (χ0) is 30.5. The van der Waals surface area contributed by atoms with Crippen LogP contribution in [-0.2, 0) is 0 Å². The number of pyridine rings is 1. The van der Waals surface area contributed by atoms with Crippen LogP contribution >= 0.6 is 22.7 Å². The smallest absolute Gasteiger partial charge is 0.137 e. The van der Waals surface area contributed by atoms with E-state index in [1.807, 2.05) is 47.1 Å². The lowest BCUT2D eigenvalue weighted by Crippen LogP contribution is -2.09. The van der Waals surface area contributed by atoms with Gasteiger partial charge in [-0.15, -0.1) is 22.7 Å². The molecule has 0 unspecified atom stereocenters. The van der Waals surface area contributed by atoms with Crippen molar-refractivity contribution >= 4 is 65.6 Å². The third kappa shape index (κ3) is 4.87. The number of thiophene rings is 2. The molecule has 218 valence electrons. The fourth-order valence-electron chi connectivity index (χ4n) is 6.10. The molecule has 5 aromatic carbocycles. The molecular formula is C41H27N3S2. The molecule has 4 heterocycles. The summed E-state index contributed by atoms with van der Waals surface area (Å²) >= 11 is 3.68. The van der Waals surface area contributed by atoms with Gasteiger partial charge in [0.05, 0.1) is 5.69 Å². The van der Waals surface area contributed by atoms with Crippen molar-refractivity contribution in [2.24, 2.45) is 0 Å². The van der Waals surface area contributed by atoms with Crippen molar-refractivity contribution in [1.82, 2.24) is 9.38 Å². The van der Waals surface area contributed by atoms with Gasteiger partial charge in [0.15, 0.2) is 0 Å². The third-order valence-corrected chi connectivity index (χ3v) is 10.8. The first-order valence-electron chi connectivity index (χ1n) is 15.3. The van der Waals surface area contributed by atoms with Gasteiger partial charge in [0.25, 0.3) is 0 Å². The first kappa shape index (κ1) is 26.9. The lowest BCUT2D eigenvalue weighted by atomic mass is 10.1. The van der Waals surface area contributed by atoms with Crippen LogP contribution in [0, 0.1) is 0 Å². The fraction of sp³-hybridized carbons (Fsp3) is 0. The summed E-state index contributed by atoms with van der Waals surface area (Å²) in [6.45, 7) is 0. The summed E-state index contributed by atoms with van der Waals surface area (Å²) in [6, 6.07) is 54.4. The van der Waals surface area contributed by atoms with E-state index in [0.29, 0.717) is 0 Å². The van der Waals surface area contributed by atoms with Crippen LogP contribution in [0.3, 0.4) is 0 Å². The molecule has 0 fully saturated rings. The van der Waals surface area contributed by atoms with Crippen molar-refractivity contribution in [1.29, 1.82) is 0 Å². The van der Waals surface area contributed by atoms with Crippen LogP contribution in [-0.4, -0.2) is 9.38 Å². The molecule has 9 rings (SSSR count). The topological polar surface area (TPSA) is 20.5 Å². The Morgan fingerprint density at radius 1 is 0.478 bits per heavy atom. The fourth-order valence-corrected chi connectivity index (χ4v) is 8.24. The van der Waals surface area contributed by atoms with Crippen molar-refractivity contribution in [3.8, 4) is 32.1 Å². The lowest BCUT2D eigenvalue weighted by molar-refractivity contribution is 1.19. The molecule has 0 aliphatic heterocycles. The zero-order valence-corrected chi connectivity index (χ0v) is 26.4. The van der Waals surface area contributed by atoms with Crippen molar-refractivity contribution in [3.63, 3.8) is 0 Å². The highest BCUT2D eigenvalue weighted by atomic mass is 32.1. The number of fused-ring (bicyclic) bond motifs is 3. The molecule has 0 spiro atoms. The summed E-state index contributed by atoms with van der Waals surface area (Å²) in [5.74, 6) is 0. The molecule has 0 aliphatic carbocycles. The second-order valence-electron chi connectivity index (χ2n) is 11.4. The second kappa shape index (κ2) is 11.1. The van der Waals surface area contributed by atoms with Gasteiger partial charge in [0.2, 0.25) is 0 Å². The predicted molar refractivity (Wildman–Crippen MR) is 197 cm³/mol. The molecule has 0 saturated carbocycles. The SMILES string of the molecule is c1ccc2sc(-c3ccc(N(c4ccc(-c5cn6ccccc6n5)cc4)c4ccc(-c5cc6ccccc6s5)cc4)cc3)cc2c1. The Hall–Kier alpha value is -5.49. The van der Waals surface area contributed by atoms with E-state index in [1.165, 1.54) is 41.1 Å². The summed E-state index contributed by atoms with van der Waals surface area (Å²) in [4.78, 5) is 9.73. The molecule has 0 bridgehead atoms. The molecule has 0 N–H and O–H groups in total. The number of hydrogen-bond donors (Lipinski definition) is 0. The largest absolute Gasteiger partial charge is 0.311 e. The normalized spacial score (nSPS) is 11.5. The minimum Gasteiger partial charge on any atom is -0.311 e. The zero-order valence-electron chi connectivity index (χ0n) is 24.7. The Bertz CT molecular complexity index is 2090. The van der Waals surface area contributed by atoms with Gasteiger partial charge in [-0.25, -0.2) is 4.98 Å². The molecule has 0 saturated heterocycles. The summed E-state index contributed by atoms with van der Waals surface area (Å²) in [5, 5.41) is 2.58. The molecule has 0 aliphatic rings. The van der Waals surface area contributed by atoms with Gasteiger partial charge in [-0.3, -0.25) is 0 Å². The van der Waals surface area contributed by atoms with E-state index in [2.05, 4.69) is 149 Å². The molecule has 0 atom stereocenters. The van der Waals surface area contributed by atoms with Gasteiger partial charge in [-0.05, 0) is 94.7 Å². The number of benzene rings is 5. The maximum absolute atomic E-state index is 4.83. The summed E-state index contributed by atoms with van der Waals surface area (Å²) in [6.07, 6.45) is 4.12. The van der Waals surface area contributed by atoms with Crippen LogP contribution in [0.1, 0.15) is 0 Å². The molecular weight excluding hydrogens is 599 g/mol. The van der Waals surface area contributed by atoms with Crippen molar-refractivity contribution in [2.45, 2.75) is 0 Å². The highest BCUT2D eigenvalue weighted by Crippen LogP contribution is 2.40. The highest BCUT2D eigenvalue weighted by Gasteiger charge is 2.15. The van der Waals surface area contributed by atoms with Crippen molar-refractivity contribution in [3.05, 3.63) is 164 Å². The van der Waals surface area contributed by atoms with Crippen molar-refractivity contribution in [2.75, 3.05) is 4.90 Å². The number of anilines is 3. The average molecular weight is 626 g/mol. The maximum atomic E-state index is 4.83. The molecule has 0 amide bonds. The summed E-state index contributed by atoms with van der Waals surface area (Å²) in [5.41, 5.74) is 8.77. The van der Waals surface area contributed by atoms with Gasteiger partial charge in [0.1, 0.15) is 5.65 Å². The van der Waals surface area contributed by atoms with Gasteiger partial charge < -0.3 is 9.30 Å². The number of rotatable bonds is 6. The maximum Gasteiger partial charge on any atom is 0.137 e. The third-order valence-electron chi connectivity index (χ3n) is 8.46. The summed E-state index contributed by atoms with van der Waals surface area (Å²) < 4.78 is 4.69. The van der Waals surface area contributed by atoms with Crippen LogP contribution in [0.15, 0.2) is 164 Å². The monoisotopic (exact) mass is 625 g/mol.